The molecule has 1 aromatic rings. The molecule has 0 radical (unpaired) electrons. The summed E-state index contributed by atoms with van der Waals surface area (Å²) >= 11 is 0. The summed E-state index contributed by atoms with van der Waals surface area (Å²) in [7, 11) is 0. The first-order valence-corrected chi connectivity index (χ1v) is 4.77. The van der Waals surface area contributed by atoms with Gasteiger partial charge in [0, 0.05) is 25.6 Å². The van der Waals surface area contributed by atoms with E-state index in [1.165, 1.54) is 0 Å². The second-order valence-electron chi connectivity index (χ2n) is 3.11. The fourth-order valence-corrected chi connectivity index (χ4v) is 1.04. The lowest BCUT2D eigenvalue weighted by molar-refractivity contribution is -0.116. The van der Waals surface area contributed by atoms with Gasteiger partial charge < -0.3 is 15.2 Å². The van der Waals surface area contributed by atoms with E-state index < -0.39 is 0 Å². The molecule has 1 heterocycles. The van der Waals surface area contributed by atoms with Crippen LogP contribution in [-0.4, -0.2) is 24.2 Å². The molecule has 1 rings (SSSR count). The maximum absolute atomic E-state index is 11.3. The Kier molecular flexibility index (Phi) is 4.56. The molecule has 5 nitrogen and oxygen atoms in total. The van der Waals surface area contributed by atoms with Crippen molar-refractivity contribution in [1.82, 2.24) is 10.5 Å². The maximum atomic E-state index is 11.3. The van der Waals surface area contributed by atoms with Crippen molar-refractivity contribution in [3.05, 3.63) is 24.5 Å². The average molecular weight is 209 g/mol. The summed E-state index contributed by atoms with van der Waals surface area (Å²) in [5.41, 5.74) is 0. The van der Waals surface area contributed by atoms with Crippen LogP contribution in [0.1, 0.15) is 12.2 Å². The first-order chi connectivity index (χ1) is 7.22. The smallest absolute Gasteiger partial charge is 0.226 e. The molecule has 1 amide bonds. The highest BCUT2D eigenvalue weighted by atomic mass is 16.5. The predicted molar refractivity (Wildman–Crippen MR) is 57.6 cm³/mol. The van der Waals surface area contributed by atoms with Crippen LogP contribution >= 0.6 is 0 Å². The molecule has 0 saturated carbocycles. The molecule has 5 heteroatoms. The zero-order valence-corrected chi connectivity index (χ0v) is 8.75. The van der Waals surface area contributed by atoms with Crippen LogP contribution in [0.5, 0.6) is 0 Å². The second kappa shape index (κ2) is 5.98. The number of hydrogen-bond acceptors (Lipinski definition) is 4. The van der Waals surface area contributed by atoms with Crippen LogP contribution in [-0.2, 0) is 4.79 Å². The minimum absolute atomic E-state index is 0.0835. The molecule has 0 atom stereocenters. The summed E-state index contributed by atoms with van der Waals surface area (Å²) in [5.74, 6) is 1.05. The zero-order chi connectivity index (χ0) is 11.1. The first-order valence-electron chi connectivity index (χ1n) is 4.77. The molecule has 0 aliphatic heterocycles. The van der Waals surface area contributed by atoms with E-state index in [4.69, 9.17) is 4.52 Å². The Labute approximate surface area is 88.5 Å². The number of hydrogen-bond donors (Lipinski definition) is 2. The van der Waals surface area contributed by atoms with Crippen molar-refractivity contribution in [3.63, 3.8) is 0 Å². The Bertz CT molecular complexity index is 333. The molecule has 0 fully saturated rings. The SMILES string of the molecule is C=CCNCCC(=O)Nc1cc(C)on1. The molecular weight excluding hydrogens is 194 g/mol. The van der Waals surface area contributed by atoms with Crippen molar-refractivity contribution >= 4 is 11.7 Å². The van der Waals surface area contributed by atoms with Crippen LogP contribution in [0.25, 0.3) is 0 Å². The van der Waals surface area contributed by atoms with E-state index in [2.05, 4.69) is 22.4 Å². The first kappa shape index (κ1) is 11.5. The van der Waals surface area contributed by atoms with Gasteiger partial charge in [0.1, 0.15) is 5.76 Å². The van der Waals surface area contributed by atoms with Gasteiger partial charge in [-0.3, -0.25) is 4.79 Å². The van der Waals surface area contributed by atoms with E-state index in [9.17, 15) is 4.79 Å². The number of rotatable bonds is 6. The minimum atomic E-state index is -0.0835. The quantitative estimate of drug-likeness (QED) is 0.543. The van der Waals surface area contributed by atoms with E-state index >= 15 is 0 Å². The number of nitrogens with zero attached hydrogens (tertiary/aromatic N) is 1. The van der Waals surface area contributed by atoms with Crippen LogP contribution in [0.4, 0.5) is 5.82 Å². The molecule has 0 saturated heterocycles. The normalized spacial score (nSPS) is 9.93. The number of nitrogens with one attached hydrogen (secondary N) is 2. The summed E-state index contributed by atoms with van der Waals surface area (Å²) in [4.78, 5) is 11.3. The van der Waals surface area contributed by atoms with E-state index in [0.29, 0.717) is 31.1 Å². The standard InChI is InChI=1S/C10H15N3O2/c1-3-5-11-6-4-10(14)12-9-7-8(2)15-13-9/h3,7,11H,1,4-6H2,2H3,(H,12,13,14). The highest BCUT2D eigenvalue weighted by Gasteiger charge is 2.04. The molecule has 1 aromatic heterocycles. The van der Waals surface area contributed by atoms with Crippen LogP contribution in [0.2, 0.25) is 0 Å². The van der Waals surface area contributed by atoms with E-state index in [0.717, 1.165) is 0 Å². The molecule has 0 aliphatic rings. The fraction of sp³-hybridized carbons (Fsp3) is 0.400. The Morgan fingerprint density at radius 2 is 2.53 bits per heavy atom. The summed E-state index contributed by atoms with van der Waals surface area (Å²) < 4.78 is 4.81. The number of anilines is 1. The topological polar surface area (TPSA) is 67.2 Å². The van der Waals surface area contributed by atoms with Crippen molar-refractivity contribution in [2.75, 3.05) is 18.4 Å². The van der Waals surface area contributed by atoms with Gasteiger partial charge in [-0.15, -0.1) is 6.58 Å². The van der Waals surface area contributed by atoms with Crippen LogP contribution < -0.4 is 10.6 Å². The van der Waals surface area contributed by atoms with Crippen LogP contribution in [0.15, 0.2) is 23.2 Å². The number of carbonyl (C=O) groups excluding carboxylic acids is 1. The van der Waals surface area contributed by atoms with Crippen molar-refractivity contribution in [1.29, 1.82) is 0 Å². The van der Waals surface area contributed by atoms with Gasteiger partial charge in [0.05, 0.1) is 0 Å². The fourth-order valence-electron chi connectivity index (χ4n) is 1.04. The van der Waals surface area contributed by atoms with Gasteiger partial charge in [-0.2, -0.15) is 0 Å². The summed E-state index contributed by atoms with van der Waals surface area (Å²) in [6.45, 7) is 6.66. The number of carbonyl (C=O) groups is 1. The molecule has 0 unspecified atom stereocenters. The summed E-state index contributed by atoms with van der Waals surface area (Å²) in [6.07, 6.45) is 2.15. The highest BCUT2D eigenvalue weighted by molar-refractivity contribution is 5.89. The van der Waals surface area contributed by atoms with E-state index in [1.807, 2.05) is 0 Å². The second-order valence-corrected chi connectivity index (χ2v) is 3.11. The van der Waals surface area contributed by atoms with Crippen LogP contribution in [0, 0.1) is 6.92 Å². The Morgan fingerprint density at radius 3 is 3.13 bits per heavy atom. The van der Waals surface area contributed by atoms with Gasteiger partial charge in [0.15, 0.2) is 5.82 Å². The van der Waals surface area contributed by atoms with Crippen LogP contribution in [0.3, 0.4) is 0 Å². The molecule has 0 aliphatic carbocycles. The van der Waals surface area contributed by atoms with Crippen molar-refractivity contribution in [3.8, 4) is 0 Å². The highest BCUT2D eigenvalue weighted by Crippen LogP contribution is 2.06. The zero-order valence-electron chi connectivity index (χ0n) is 8.75. The Morgan fingerprint density at radius 1 is 1.73 bits per heavy atom. The maximum Gasteiger partial charge on any atom is 0.226 e. The molecule has 82 valence electrons. The molecular formula is C10H15N3O2. The third kappa shape index (κ3) is 4.42. The van der Waals surface area contributed by atoms with Gasteiger partial charge in [-0.1, -0.05) is 11.2 Å². The third-order valence-corrected chi connectivity index (χ3v) is 1.71. The van der Waals surface area contributed by atoms with Crippen molar-refractivity contribution in [2.45, 2.75) is 13.3 Å². The van der Waals surface area contributed by atoms with E-state index in [-0.39, 0.29) is 5.91 Å². The van der Waals surface area contributed by atoms with E-state index in [1.54, 1.807) is 19.1 Å². The van der Waals surface area contributed by atoms with Gasteiger partial charge in [0.25, 0.3) is 0 Å². The summed E-state index contributed by atoms with van der Waals surface area (Å²) in [5, 5.41) is 9.32. The lowest BCUT2D eigenvalue weighted by Gasteiger charge is -2.01. The van der Waals surface area contributed by atoms with Gasteiger partial charge >= 0.3 is 0 Å². The van der Waals surface area contributed by atoms with Gasteiger partial charge in [-0.05, 0) is 6.92 Å². The minimum Gasteiger partial charge on any atom is -0.360 e. The molecule has 15 heavy (non-hydrogen) atoms. The van der Waals surface area contributed by atoms with Crippen molar-refractivity contribution in [2.24, 2.45) is 0 Å². The Hall–Kier alpha value is -1.62. The van der Waals surface area contributed by atoms with Crippen molar-refractivity contribution < 1.29 is 9.32 Å². The van der Waals surface area contributed by atoms with Gasteiger partial charge in [-0.25, -0.2) is 0 Å². The van der Waals surface area contributed by atoms with Gasteiger partial charge in [0.2, 0.25) is 5.91 Å². The molecule has 0 bridgehead atoms. The predicted octanol–water partition coefficient (Wildman–Crippen LogP) is 1.09. The third-order valence-electron chi connectivity index (χ3n) is 1.71. The lowest BCUT2D eigenvalue weighted by atomic mass is 10.4. The molecule has 2 N–H and O–H groups in total. The number of amides is 1. The number of aromatic nitrogens is 1. The largest absolute Gasteiger partial charge is 0.360 e. The lowest BCUT2D eigenvalue weighted by Crippen LogP contribution is -2.21. The Balaban J connectivity index is 2.21. The number of aryl methyl sites for hydroxylation is 1. The molecule has 0 spiro atoms. The monoisotopic (exact) mass is 209 g/mol. The molecule has 0 aromatic carbocycles. The average Bonchev–Trinajstić information content (AvgIpc) is 2.59. The summed E-state index contributed by atoms with van der Waals surface area (Å²) in [6, 6.07) is 1.68.